The minimum atomic E-state index is 0.659. The van der Waals surface area contributed by atoms with Crippen LogP contribution in [0.3, 0.4) is 0 Å². The van der Waals surface area contributed by atoms with Crippen LogP contribution in [-0.4, -0.2) is 50.5 Å². The van der Waals surface area contributed by atoms with Gasteiger partial charge in [0.2, 0.25) is 0 Å². The fraction of sp³-hybridized carbons (Fsp3) is 0.667. The Morgan fingerprint density at radius 3 is 2.72 bits per heavy atom. The largest absolute Gasteiger partial charge is 0.382 e. The SMILES string of the molecule is CNc1cc(NCCCCOCCOC)ncn1. The van der Waals surface area contributed by atoms with E-state index in [4.69, 9.17) is 9.47 Å². The summed E-state index contributed by atoms with van der Waals surface area (Å²) >= 11 is 0. The van der Waals surface area contributed by atoms with E-state index < -0.39 is 0 Å². The molecule has 0 spiro atoms. The van der Waals surface area contributed by atoms with Crippen molar-refractivity contribution in [2.75, 3.05) is 51.2 Å². The molecule has 0 saturated heterocycles. The average Bonchev–Trinajstić information content (AvgIpc) is 2.42. The minimum absolute atomic E-state index is 0.659. The van der Waals surface area contributed by atoms with Crippen LogP contribution in [0.15, 0.2) is 12.4 Å². The van der Waals surface area contributed by atoms with Crippen molar-refractivity contribution in [3.8, 4) is 0 Å². The minimum Gasteiger partial charge on any atom is -0.382 e. The number of ether oxygens (including phenoxy) is 2. The molecule has 0 saturated carbocycles. The number of anilines is 2. The number of hydrogen-bond donors (Lipinski definition) is 2. The Balaban J connectivity index is 2.03. The molecule has 0 aliphatic rings. The molecule has 1 rings (SSSR count). The molecule has 0 aliphatic heterocycles. The quantitative estimate of drug-likeness (QED) is 0.615. The zero-order valence-corrected chi connectivity index (χ0v) is 11.1. The van der Waals surface area contributed by atoms with Crippen LogP contribution in [0, 0.1) is 0 Å². The summed E-state index contributed by atoms with van der Waals surface area (Å²) in [4.78, 5) is 8.19. The van der Waals surface area contributed by atoms with Gasteiger partial charge < -0.3 is 20.1 Å². The molecule has 1 heterocycles. The first kappa shape index (κ1) is 14.7. The van der Waals surface area contributed by atoms with Gasteiger partial charge in [0.1, 0.15) is 18.0 Å². The third-order valence-corrected chi connectivity index (χ3v) is 2.38. The molecule has 0 aliphatic carbocycles. The highest BCUT2D eigenvalue weighted by Crippen LogP contribution is 2.07. The standard InChI is InChI=1S/C12H22N4O2/c1-13-11-9-12(16-10-15-11)14-5-3-4-6-18-8-7-17-2/h9-10H,3-8H2,1-2H3,(H2,13,14,15,16). The van der Waals surface area contributed by atoms with E-state index in [1.165, 1.54) is 0 Å². The molecule has 18 heavy (non-hydrogen) atoms. The number of hydrogen-bond acceptors (Lipinski definition) is 6. The van der Waals surface area contributed by atoms with Crippen molar-refractivity contribution >= 4 is 11.6 Å². The normalized spacial score (nSPS) is 10.3. The van der Waals surface area contributed by atoms with E-state index >= 15 is 0 Å². The fourth-order valence-corrected chi connectivity index (χ4v) is 1.38. The Bertz CT molecular complexity index is 323. The summed E-state index contributed by atoms with van der Waals surface area (Å²) < 4.78 is 10.3. The van der Waals surface area contributed by atoms with Gasteiger partial charge in [-0.15, -0.1) is 0 Å². The van der Waals surface area contributed by atoms with Gasteiger partial charge in [0.25, 0.3) is 0 Å². The van der Waals surface area contributed by atoms with Crippen molar-refractivity contribution in [3.63, 3.8) is 0 Å². The lowest BCUT2D eigenvalue weighted by molar-refractivity contribution is 0.0691. The maximum atomic E-state index is 5.37. The van der Waals surface area contributed by atoms with E-state index in [2.05, 4.69) is 20.6 Å². The molecule has 0 bridgehead atoms. The maximum absolute atomic E-state index is 5.37. The summed E-state index contributed by atoms with van der Waals surface area (Å²) in [6.45, 7) is 2.98. The first-order chi connectivity index (χ1) is 8.86. The van der Waals surface area contributed by atoms with Crippen molar-refractivity contribution in [3.05, 3.63) is 12.4 Å². The van der Waals surface area contributed by atoms with Crippen LogP contribution in [0.4, 0.5) is 11.6 Å². The van der Waals surface area contributed by atoms with Crippen molar-refractivity contribution in [1.82, 2.24) is 9.97 Å². The second-order valence-electron chi connectivity index (χ2n) is 3.78. The smallest absolute Gasteiger partial charge is 0.131 e. The lowest BCUT2D eigenvalue weighted by atomic mass is 10.3. The number of methoxy groups -OCH3 is 1. The average molecular weight is 254 g/mol. The Hall–Kier alpha value is -1.40. The molecule has 6 nitrogen and oxygen atoms in total. The Morgan fingerprint density at radius 2 is 1.94 bits per heavy atom. The summed E-state index contributed by atoms with van der Waals surface area (Å²) in [5, 5.41) is 6.22. The zero-order chi connectivity index (χ0) is 13.1. The van der Waals surface area contributed by atoms with Crippen LogP contribution < -0.4 is 10.6 Å². The van der Waals surface area contributed by atoms with Crippen LogP contribution in [0.5, 0.6) is 0 Å². The van der Waals surface area contributed by atoms with Crippen LogP contribution in [-0.2, 0) is 9.47 Å². The van der Waals surface area contributed by atoms with E-state index in [0.717, 1.165) is 37.6 Å². The van der Waals surface area contributed by atoms with Gasteiger partial charge in [-0.05, 0) is 12.8 Å². The first-order valence-corrected chi connectivity index (χ1v) is 6.17. The lowest BCUT2D eigenvalue weighted by Crippen LogP contribution is -2.07. The first-order valence-electron chi connectivity index (χ1n) is 6.17. The molecule has 0 aromatic carbocycles. The number of nitrogens with zero attached hydrogens (tertiary/aromatic N) is 2. The monoisotopic (exact) mass is 254 g/mol. The highest BCUT2D eigenvalue weighted by Gasteiger charge is 1.96. The van der Waals surface area contributed by atoms with E-state index in [-0.39, 0.29) is 0 Å². The summed E-state index contributed by atoms with van der Waals surface area (Å²) in [7, 11) is 3.51. The predicted molar refractivity (Wildman–Crippen MR) is 72.0 cm³/mol. The van der Waals surface area contributed by atoms with E-state index in [0.29, 0.717) is 13.2 Å². The number of aromatic nitrogens is 2. The number of rotatable bonds is 10. The third-order valence-electron chi connectivity index (χ3n) is 2.38. The van der Waals surface area contributed by atoms with E-state index in [1.54, 1.807) is 13.4 Å². The number of nitrogens with one attached hydrogen (secondary N) is 2. The topological polar surface area (TPSA) is 68.3 Å². The van der Waals surface area contributed by atoms with Gasteiger partial charge in [0, 0.05) is 33.4 Å². The van der Waals surface area contributed by atoms with Gasteiger partial charge in [-0.1, -0.05) is 0 Å². The fourth-order valence-electron chi connectivity index (χ4n) is 1.38. The molecule has 0 radical (unpaired) electrons. The molecule has 0 amide bonds. The predicted octanol–water partition coefficient (Wildman–Crippen LogP) is 1.37. The van der Waals surface area contributed by atoms with Crippen LogP contribution >= 0.6 is 0 Å². The second kappa shape index (κ2) is 9.61. The molecule has 1 aromatic rings. The number of unbranched alkanes of at least 4 members (excludes halogenated alkanes) is 1. The summed E-state index contributed by atoms with van der Waals surface area (Å²) in [6, 6.07) is 1.88. The molecule has 0 atom stereocenters. The van der Waals surface area contributed by atoms with Crippen LogP contribution in [0.2, 0.25) is 0 Å². The molecule has 1 aromatic heterocycles. The Labute approximate surface area is 108 Å². The molecule has 0 unspecified atom stereocenters. The van der Waals surface area contributed by atoms with Crippen molar-refractivity contribution in [2.45, 2.75) is 12.8 Å². The van der Waals surface area contributed by atoms with Crippen molar-refractivity contribution in [1.29, 1.82) is 0 Å². The van der Waals surface area contributed by atoms with E-state index in [9.17, 15) is 0 Å². The highest BCUT2D eigenvalue weighted by molar-refractivity contribution is 5.45. The Kier molecular flexibility index (Phi) is 7.83. The van der Waals surface area contributed by atoms with Crippen molar-refractivity contribution < 1.29 is 9.47 Å². The molecule has 102 valence electrons. The maximum Gasteiger partial charge on any atom is 0.131 e. The molecule has 0 fully saturated rings. The third kappa shape index (κ3) is 6.36. The van der Waals surface area contributed by atoms with Crippen LogP contribution in [0.1, 0.15) is 12.8 Å². The van der Waals surface area contributed by atoms with Gasteiger partial charge in [-0.25, -0.2) is 9.97 Å². The lowest BCUT2D eigenvalue weighted by Gasteiger charge is -2.07. The summed E-state index contributed by atoms with van der Waals surface area (Å²) in [6.07, 6.45) is 3.62. The Morgan fingerprint density at radius 1 is 1.11 bits per heavy atom. The second-order valence-corrected chi connectivity index (χ2v) is 3.78. The van der Waals surface area contributed by atoms with Gasteiger partial charge in [-0.3, -0.25) is 0 Å². The van der Waals surface area contributed by atoms with Gasteiger partial charge in [0.15, 0.2) is 0 Å². The molecule has 2 N–H and O–H groups in total. The molecular weight excluding hydrogens is 232 g/mol. The van der Waals surface area contributed by atoms with Crippen molar-refractivity contribution in [2.24, 2.45) is 0 Å². The summed E-state index contributed by atoms with van der Waals surface area (Å²) in [5.74, 6) is 1.66. The molecule has 6 heteroatoms. The van der Waals surface area contributed by atoms with E-state index in [1.807, 2.05) is 13.1 Å². The van der Waals surface area contributed by atoms with Gasteiger partial charge in [-0.2, -0.15) is 0 Å². The highest BCUT2D eigenvalue weighted by atomic mass is 16.5. The van der Waals surface area contributed by atoms with Crippen LogP contribution in [0.25, 0.3) is 0 Å². The summed E-state index contributed by atoms with van der Waals surface area (Å²) in [5.41, 5.74) is 0. The van der Waals surface area contributed by atoms with Gasteiger partial charge >= 0.3 is 0 Å². The van der Waals surface area contributed by atoms with Gasteiger partial charge in [0.05, 0.1) is 13.2 Å². The zero-order valence-electron chi connectivity index (χ0n) is 11.1. The molecular formula is C12H22N4O2.